The summed E-state index contributed by atoms with van der Waals surface area (Å²) >= 11 is 0. The van der Waals surface area contributed by atoms with Gasteiger partial charge in [0.05, 0.1) is 6.10 Å². The monoisotopic (exact) mass is 213 g/mol. The first kappa shape index (κ1) is 11.9. The number of ether oxygens (including phenoxy) is 1. The Labute approximate surface area is 88.9 Å². The van der Waals surface area contributed by atoms with Gasteiger partial charge in [-0.05, 0) is 20.0 Å². The number of rotatable bonds is 5. The van der Waals surface area contributed by atoms with Crippen molar-refractivity contribution in [3.8, 4) is 5.75 Å². The number of aliphatic hydroxyl groups is 1. The largest absolute Gasteiger partial charge is 0.487 e. The first-order valence-electron chi connectivity index (χ1n) is 4.88. The van der Waals surface area contributed by atoms with E-state index in [0.717, 1.165) is 5.56 Å². The molecule has 0 radical (unpaired) electrons. The van der Waals surface area contributed by atoms with Crippen molar-refractivity contribution < 1.29 is 14.2 Å². The van der Waals surface area contributed by atoms with E-state index in [2.05, 4.69) is 5.32 Å². The lowest BCUT2D eigenvalue weighted by molar-refractivity contribution is 0.119. The molecule has 0 aliphatic heterocycles. The van der Waals surface area contributed by atoms with Crippen LogP contribution in [0.2, 0.25) is 0 Å². The first-order valence-corrected chi connectivity index (χ1v) is 4.88. The summed E-state index contributed by atoms with van der Waals surface area (Å²) in [5.74, 6) is -0.184. The molecule has 0 saturated heterocycles. The van der Waals surface area contributed by atoms with Gasteiger partial charge in [0.2, 0.25) is 0 Å². The van der Waals surface area contributed by atoms with Gasteiger partial charge in [0, 0.05) is 12.1 Å². The highest BCUT2D eigenvalue weighted by Gasteiger charge is 2.09. The van der Waals surface area contributed by atoms with Gasteiger partial charge in [0.25, 0.3) is 0 Å². The van der Waals surface area contributed by atoms with Gasteiger partial charge in [-0.2, -0.15) is 0 Å². The summed E-state index contributed by atoms with van der Waals surface area (Å²) < 4.78 is 18.6. The van der Waals surface area contributed by atoms with E-state index in [1.165, 1.54) is 6.07 Å². The normalized spacial score (nSPS) is 12.5. The van der Waals surface area contributed by atoms with Crippen LogP contribution in [-0.2, 0) is 6.54 Å². The van der Waals surface area contributed by atoms with Crippen LogP contribution < -0.4 is 10.1 Å². The third kappa shape index (κ3) is 3.49. The first-order chi connectivity index (χ1) is 7.15. The number of benzene rings is 1. The standard InChI is InChI=1S/C11H16FNO2/c1-8(14)7-15-11-9(6-13-2)4-3-5-10(11)12/h3-5,8,13-14H,6-7H2,1-2H3. The zero-order valence-corrected chi connectivity index (χ0v) is 8.96. The second kappa shape index (κ2) is 5.68. The number of aliphatic hydroxyl groups excluding tert-OH is 1. The summed E-state index contributed by atoms with van der Waals surface area (Å²) in [7, 11) is 1.78. The van der Waals surface area contributed by atoms with Crippen molar-refractivity contribution in [2.24, 2.45) is 0 Å². The van der Waals surface area contributed by atoms with Crippen LogP contribution in [0.4, 0.5) is 4.39 Å². The highest BCUT2D eigenvalue weighted by molar-refractivity contribution is 5.34. The fraction of sp³-hybridized carbons (Fsp3) is 0.455. The zero-order chi connectivity index (χ0) is 11.3. The van der Waals surface area contributed by atoms with E-state index in [-0.39, 0.29) is 12.4 Å². The summed E-state index contributed by atoms with van der Waals surface area (Å²) in [6.45, 7) is 2.23. The molecular weight excluding hydrogens is 197 g/mol. The Morgan fingerprint density at radius 1 is 1.53 bits per heavy atom. The van der Waals surface area contributed by atoms with Crippen LogP contribution >= 0.6 is 0 Å². The molecule has 2 N–H and O–H groups in total. The van der Waals surface area contributed by atoms with Crippen molar-refractivity contribution in [2.75, 3.05) is 13.7 Å². The number of hydrogen-bond acceptors (Lipinski definition) is 3. The molecular formula is C11H16FNO2. The Hall–Kier alpha value is -1.13. The summed E-state index contributed by atoms with van der Waals surface area (Å²) in [4.78, 5) is 0. The fourth-order valence-electron chi connectivity index (χ4n) is 1.25. The summed E-state index contributed by atoms with van der Waals surface area (Å²) in [5.41, 5.74) is 0.748. The molecule has 0 heterocycles. The summed E-state index contributed by atoms with van der Waals surface area (Å²) in [6.07, 6.45) is -0.605. The molecule has 1 aromatic carbocycles. The minimum Gasteiger partial charge on any atom is -0.487 e. The van der Waals surface area contributed by atoms with Crippen molar-refractivity contribution in [1.82, 2.24) is 5.32 Å². The Morgan fingerprint density at radius 2 is 2.27 bits per heavy atom. The van der Waals surface area contributed by atoms with Gasteiger partial charge < -0.3 is 15.2 Å². The van der Waals surface area contributed by atoms with Crippen LogP contribution in [0.25, 0.3) is 0 Å². The molecule has 0 amide bonds. The molecule has 0 aliphatic carbocycles. The molecule has 1 unspecified atom stereocenters. The topological polar surface area (TPSA) is 41.5 Å². The molecule has 0 bridgehead atoms. The van der Waals surface area contributed by atoms with Gasteiger partial charge in [0.1, 0.15) is 6.61 Å². The molecule has 1 rings (SSSR count). The van der Waals surface area contributed by atoms with Crippen molar-refractivity contribution in [3.63, 3.8) is 0 Å². The lowest BCUT2D eigenvalue weighted by Gasteiger charge is -2.13. The lowest BCUT2D eigenvalue weighted by atomic mass is 10.2. The fourth-order valence-corrected chi connectivity index (χ4v) is 1.25. The average molecular weight is 213 g/mol. The van der Waals surface area contributed by atoms with E-state index < -0.39 is 11.9 Å². The van der Waals surface area contributed by atoms with E-state index >= 15 is 0 Å². The van der Waals surface area contributed by atoms with Crippen LogP contribution in [0.3, 0.4) is 0 Å². The van der Waals surface area contributed by atoms with Gasteiger partial charge in [-0.3, -0.25) is 0 Å². The summed E-state index contributed by atoms with van der Waals surface area (Å²) in [6, 6.07) is 4.77. The van der Waals surface area contributed by atoms with Crippen molar-refractivity contribution in [2.45, 2.75) is 19.6 Å². The SMILES string of the molecule is CNCc1cccc(F)c1OCC(C)O. The number of nitrogens with one attached hydrogen (secondary N) is 1. The maximum absolute atomic E-state index is 13.4. The van der Waals surface area contributed by atoms with Crippen molar-refractivity contribution in [3.05, 3.63) is 29.6 Å². The van der Waals surface area contributed by atoms with E-state index in [9.17, 15) is 4.39 Å². The Morgan fingerprint density at radius 3 is 2.87 bits per heavy atom. The highest BCUT2D eigenvalue weighted by atomic mass is 19.1. The minimum absolute atomic E-state index is 0.0949. The maximum atomic E-state index is 13.4. The van der Waals surface area contributed by atoms with Gasteiger partial charge in [-0.15, -0.1) is 0 Å². The molecule has 0 aromatic heterocycles. The number of halogens is 1. The number of hydrogen-bond donors (Lipinski definition) is 2. The van der Waals surface area contributed by atoms with Gasteiger partial charge in [0.15, 0.2) is 11.6 Å². The smallest absolute Gasteiger partial charge is 0.165 e. The van der Waals surface area contributed by atoms with Crippen LogP contribution in [0.1, 0.15) is 12.5 Å². The van der Waals surface area contributed by atoms with Crippen molar-refractivity contribution >= 4 is 0 Å². The Bertz CT molecular complexity index is 315. The second-order valence-corrected chi connectivity index (χ2v) is 3.42. The molecule has 1 aromatic rings. The molecule has 0 saturated carbocycles. The molecule has 4 heteroatoms. The third-order valence-corrected chi connectivity index (χ3v) is 1.88. The molecule has 0 aliphatic rings. The third-order valence-electron chi connectivity index (χ3n) is 1.88. The maximum Gasteiger partial charge on any atom is 0.165 e. The van der Waals surface area contributed by atoms with Crippen LogP contribution in [-0.4, -0.2) is 24.9 Å². The van der Waals surface area contributed by atoms with Crippen LogP contribution in [0.5, 0.6) is 5.75 Å². The predicted octanol–water partition coefficient (Wildman–Crippen LogP) is 1.30. The predicted molar refractivity (Wildman–Crippen MR) is 56.3 cm³/mol. The second-order valence-electron chi connectivity index (χ2n) is 3.42. The zero-order valence-electron chi connectivity index (χ0n) is 8.96. The van der Waals surface area contributed by atoms with Gasteiger partial charge in [-0.1, -0.05) is 12.1 Å². The van der Waals surface area contributed by atoms with E-state index in [0.29, 0.717) is 6.54 Å². The molecule has 1 atom stereocenters. The number of para-hydroxylation sites is 1. The van der Waals surface area contributed by atoms with Gasteiger partial charge >= 0.3 is 0 Å². The Kier molecular flexibility index (Phi) is 4.52. The van der Waals surface area contributed by atoms with Crippen molar-refractivity contribution in [1.29, 1.82) is 0 Å². The minimum atomic E-state index is -0.605. The Balaban J connectivity index is 2.81. The highest BCUT2D eigenvalue weighted by Crippen LogP contribution is 2.22. The van der Waals surface area contributed by atoms with Crippen LogP contribution in [0, 0.1) is 5.82 Å². The summed E-state index contributed by atoms with van der Waals surface area (Å²) in [5, 5.41) is 12.0. The molecule has 84 valence electrons. The van der Waals surface area contributed by atoms with E-state index in [1.54, 1.807) is 26.1 Å². The molecule has 0 spiro atoms. The van der Waals surface area contributed by atoms with Crippen LogP contribution in [0.15, 0.2) is 18.2 Å². The van der Waals surface area contributed by atoms with E-state index in [4.69, 9.17) is 9.84 Å². The molecule has 0 fully saturated rings. The quantitative estimate of drug-likeness (QED) is 0.774. The van der Waals surface area contributed by atoms with E-state index in [1.807, 2.05) is 0 Å². The van der Waals surface area contributed by atoms with Gasteiger partial charge in [-0.25, -0.2) is 4.39 Å². The lowest BCUT2D eigenvalue weighted by Crippen LogP contribution is -2.15. The molecule has 15 heavy (non-hydrogen) atoms. The molecule has 3 nitrogen and oxygen atoms in total. The average Bonchev–Trinajstić information content (AvgIpc) is 2.17.